The molecule has 1 aliphatic rings. The molecule has 2 N–H and O–H groups in total. The molecular weight excluding hydrogens is 188 g/mol. The first-order valence-electron chi connectivity index (χ1n) is 5.30. The first kappa shape index (κ1) is 8.85. The van der Waals surface area contributed by atoms with E-state index >= 15 is 0 Å². The Labute approximate surface area is 88.1 Å². The Balaban J connectivity index is 2.14. The quantitative estimate of drug-likeness (QED) is 0.800. The molecule has 4 nitrogen and oxygen atoms in total. The van der Waals surface area contributed by atoms with E-state index in [0.29, 0.717) is 5.92 Å². The summed E-state index contributed by atoms with van der Waals surface area (Å²) in [5.41, 5.74) is 8.01. The van der Waals surface area contributed by atoms with Crippen molar-refractivity contribution < 1.29 is 0 Å². The van der Waals surface area contributed by atoms with Gasteiger partial charge >= 0.3 is 0 Å². The highest BCUT2D eigenvalue weighted by Crippen LogP contribution is 2.39. The van der Waals surface area contributed by atoms with Crippen LogP contribution in [0.25, 0.3) is 11.2 Å². The van der Waals surface area contributed by atoms with E-state index in [-0.39, 0.29) is 6.04 Å². The molecule has 0 amide bonds. The van der Waals surface area contributed by atoms with E-state index in [9.17, 15) is 0 Å². The summed E-state index contributed by atoms with van der Waals surface area (Å²) in [4.78, 5) is 8.74. The molecule has 0 spiro atoms. The van der Waals surface area contributed by atoms with E-state index in [1.165, 1.54) is 12.8 Å². The molecule has 2 aromatic rings. The Morgan fingerprint density at radius 2 is 2.33 bits per heavy atom. The van der Waals surface area contributed by atoms with Gasteiger partial charge in [-0.3, -0.25) is 0 Å². The zero-order chi connectivity index (χ0) is 10.4. The van der Waals surface area contributed by atoms with Crippen molar-refractivity contribution in [1.82, 2.24) is 14.5 Å². The number of rotatable bonds is 2. The molecule has 1 atom stereocenters. The second-order valence-corrected chi connectivity index (χ2v) is 4.24. The fourth-order valence-corrected chi connectivity index (χ4v) is 2.01. The maximum atomic E-state index is 6.15. The van der Waals surface area contributed by atoms with Crippen LogP contribution in [0, 0.1) is 5.92 Å². The minimum absolute atomic E-state index is 0.0733. The highest BCUT2D eigenvalue weighted by Gasteiger charge is 2.32. The smallest absolute Gasteiger partial charge is 0.177 e. The van der Waals surface area contributed by atoms with Crippen LogP contribution in [-0.2, 0) is 7.05 Å². The van der Waals surface area contributed by atoms with Crippen LogP contribution in [0.15, 0.2) is 18.3 Å². The summed E-state index contributed by atoms with van der Waals surface area (Å²) in [6.07, 6.45) is 4.23. The molecule has 1 aliphatic carbocycles. The molecule has 78 valence electrons. The van der Waals surface area contributed by atoms with Crippen molar-refractivity contribution in [3.05, 3.63) is 24.2 Å². The van der Waals surface area contributed by atoms with Gasteiger partial charge < -0.3 is 10.3 Å². The van der Waals surface area contributed by atoms with Gasteiger partial charge in [-0.25, -0.2) is 9.97 Å². The topological polar surface area (TPSA) is 56.7 Å². The average molecular weight is 202 g/mol. The number of aromatic nitrogens is 3. The number of pyridine rings is 1. The highest BCUT2D eigenvalue weighted by molar-refractivity contribution is 5.71. The summed E-state index contributed by atoms with van der Waals surface area (Å²) in [7, 11) is 2.01. The van der Waals surface area contributed by atoms with E-state index in [1.807, 2.05) is 19.2 Å². The van der Waals surface area contributed by atoms with Crippen LogP contribution in [-0.4, -0.2) is 14.5 Å². The number of hydrogen-bond acceptors (Lipinski definition) is 3. The summed E-state index contributed by atoms with van der Waals surface area (Å²) in [5, 5.41) is 0. The summed E-state index contributed by atoms with van der Waals surface area (Å²) in [6, 6.07) is 4.03. The van der Waals surface area contributed by atoms with Crippen LogP contribution in [0.5, 0.6) is 0 Å². The zero-order valence-corrected chi connectivity index (χ0v) is 8.72. The second-order valence-electron chi connectivity index (χ2n) is 4.24. The lowest BCUT2D eigenvalue weighted by molar-refractivity contribution is 0.574. The summed E-state index contributed by atoms with van der Waals surface area (Å²) in [6.45, 7) is 0. The summed E-state index contributed by atoms with van der Waals surface area (Å²) >= 11 is 0. The summed E-state index contributed by atoms with van der Waals surface area (Å²) < 4.78 is 2.06. The van der Waals surface area contributed by atoms with Gasteiger partial charge in [0.1, 0.15) is 5.82 Å². The van der Waals surface area contributed by atoms with Crippen LogP contribution in [0.3, 0.4) is 0 Å². The predicted octanol–water partition coefficient (Wildman–Crippen LogP) is 1.38. The van der Waals surface area contributed by atoms with Crippen molar-refractivity contribution >= 4 is 11.2 Å². The van der Waals surface area contributed by atoms with Crippen LogP contribution in [0.1, 0.15) is 24.7 Å². The van der Waals surface area contributed by atoms with E-state index in [0.717, 1.165) is 17.0 Å². The fraction of sp³-hybridized carbons (Fsp3) is 0.455. The SMILES string of the molecule is Cn1c(C(N)C2CC2)nc2ncccc21. The fourth-order valence-electron chi connectivity index (χ4n) is 2.01. The van der Waals surface area contributed by atoms with E-state index in [4.69, 9.17) is 5.73 Å². The molecule has 1 saturated carbocycles. The van der Waals surface area contributed by atoms with Gasteiger partial charge in [0.15, 0.2) is 5.65 Å². The Kier molecular flexibility index (Phi) is 1.79. The molecule has 15 heavy (non-hydrogen) atoms. The van der Waals surface area contributed by atoms with Crippen molar-refractivity contribution in [2.45, 2.75) is 18.9 Å². The van der Waals surface area contributed by atoms with Gasteiger partial charge in [0.25, 0.3) is 0 Å². The van der Waals surface area contributed by atoms with Gasteiger partial charge in [-0.05, 0) is 30.9 Å². The maximum absolute atomic E-state index is 6.15. The van der Waals surface area contributed by atoms with Crippen molar-refractivity contribution in [1.29, 1.82) is 0 Å². The third-order valence-electron chi connectivity index (χ3n) is 3.12. The van der Waals surface area contributed by atoms with E-state index in [2.05, 4.69) is 14.5 Å². The number of aryl methyl sites for hydroxylation is 1. The van der Waals surface area contributed by atoms with Crippen molar-refractivity contribution in [2.75, 3.05) is 0 Å². The lowest BCUT2D eigenvalue weighted by atomic mass is 10.2. The molecule has 0 bridgehead atoms. The third kappa shape index (κ3) is 1.33. The number of hydrogen-bond donors (Lipinski definition) is 1. The third-order valence-corrected chi connectivity index (χ3v) is 3.12. The number of fused-ring (bicyclic) bond motifs is 1. The van der Waals surface area contributed by atoms with Gasteiger partial charge in [-0.15, -0.1) is 0 Å². The molecule has 3 rings (SSSR count). The molecule has 0 aliphatic heterocycles. The summed E-state index contributed by atoms with van der Waals surface area (Å²) in [5.74, 6) is 1.59. The molecular formula is C11H14N4. The molecule has 0 aromatic carbocycles. The molecule has 1 fully saturated rings. The predicted molar refractivity (Wildman–Crippen MR) is 58.2 cm³/mol. The van der Waals surface area contributed by atoms with Crippen molar-refractivity contribution in [3.8, 4) is 0 Å². The number of imidazole rings is 1. The highest BCUT2D eigenvalue weighted by atomic mass is 15.1. The lowest BCUT2D eigenvalue weighted by Gasteiger charge is -2.09. The first-order valence-corrected chi connectivity index (χ1v) is 5.30. The normalized spacial score (nSPS) is 18.3. The van der Waals surface area contributed by atoms with E-state index < -0.39 is 0 Å². The van der Waals surface area contributed by atoms with E-state index in [1.54, 1.807) is 6.20 Å². The standard InChI is InChI=1S/C11H14N4/c1-15-8-3-2-6-13-10(8)14-11(15)9(12)7-4-5-7/h2-3,6-7,9H,4-5,12H2,1H3. The Morgan fingerprint density at radius 1 is 1.53 bits per heavy atom. The minimum Gasteiger partial charge on any atom is -0.328 e. The lowest BCUT2D eigenvalue weighted by Crippen LogP contribution is -2.17. The average Bonchev–Trinajstić information content (AvgIpc) is 3.04. The van der Waals surface area contributed by atoms with Crippen molar-refractivity contribution in [2.24, 2.45) is 18.7 Å². The first-order chi connectivity index (χ1) is 7.27. The van der Waals surface area contributed by atoms with Gasteiger partial charge in [0.2, 0.25) is 0 Å². The van der Waals surface area contributed by atoms with Gasteiger partial charge in [0.05, 0.1) is 11.6 Å². The monoisotopic (exact) mass is 202 g/mol. The molecule has 4 heteroatoms. The van der Waals surface area contributed by atoms with Crippen LogP contribution in [0.4, 0.5) is 0 Å². The molecule has 0 saturated heterocycles. The van der Waals surface area contributed by atoms with Crippen LogP contribution in [0.2, 0.25) is 0 Å². The van der Waals surface area contributed by atoms with Crippen molar-refractivity contribution in [3.63, 3.8) is 0 Å². The zero-order valence-electron chi connectivity index (χ0n) is 8.72. The molecule has 2 aromatic heterocycles. The Morgan fingerprint density at radius 3 is 3.00 bits per heavy atom. The van der Waals surface area contributed by atoms with Gasteiger partial charge in [-0.1, -0.05) is 0 Å². The van der Waals surface area contributed by atoms with Crippen LogP contribution >= 0.6 is 0 Å². The molecule has 0 radical (unpaired) electrons. The number of nitrogens with two attached hydrogens (primary N) is 1. The van der Waals surface area contributed by atoms with Gasteiger partial charge in [-0.2, -0.15) is 0 Å². The Bertz CT molecular complexity index is 498. The maximum Gasteiger partial charge on any atom is 0.177 e. The largest absolute Gasteiger partial charge is 0.328 e. The van der Waals surface area contributed by atoms with Crippen LogP contribution < -0.4 is 5.73 Å². The van der Waals surface area contributed by atoms with Gasteiger partial charge in [0, 0.05) is 13.2 Å². The Hall–Kier alpha value is -1.42. The molecule has 1 unspecified atom stereocenters. The molecule has 2 heterocycles. The minimum atomic E-state index is 0.0733. The second kappa shape index (κ2) is 3.03. The number of nitrogens with zero attached hydrogens (tertiary/aromatic N) is 3.